The Kier molecular flexibility index (Phi) is 6.75. The summed E-state index contributed by atoms with van der Waals surface area (Å²) in [5, 5.41) is 0. The van der Waals surface area contributed by atoms with E-state index in [2.05, 4.69) is 58.3 Å². The Labute approximate surface area is 111 Å². The van der Waals surface area contributed by atoms with Gasteiger partial charge < -0.3 is 4.74 Å². The van der Waals surface area contributed by atoms with Crippen molar-refractivity contribution < 1.29 is 4.74 Å². The fraction of sp³-hybridized carbons (Fsp3) is 0.133. The number of ether oxygens (including phenoxy) is 1. The Morgan fingerprint density at radius 2 is 1.28 bits per heavy atom. The molecule has 1 aliphatic heterocycles. The van der Waals surface area contributed by atoms with Crippen molar-refractivity contribution in [1.82, 2.24) is 0 Å². The molecule has 1 heterocycles. The zero-order chi connectivity index (χ0) is 11.8. The molecular weight excluding hydrogens is 241 g/mol. The van der Waals surface area contributed by atoms with Crippen molar-refractivity contribution >= 4 is 16.3 Å². The quantitative estimate of drug-likeness (QED) is 0.719. The molecule has 2 aromatic rings. The summed E-state index contributed by atoms with van der Waals surface area (Å²) in [6, 6.07) is 20.8. The second-order valence-corrected chi connectivity index (χ2v) is 3.61. The predicted octanol–water partition coefficient (Wildman–Crippen LogP) is 3.46. The van der Waals surface area contributed by atoms with Gasteiger partial charge in [-0.1, -0.05) is 60.7 Å². The second kappa shape index (κ2) is 8.43. The van der Waals surface area contributed by atoms with Crippen molar-refractivity contribution in [1.29, 1.82) is 0 Å². The van der Waals surface area contributed by atoms with Gasteiger partial charge in [0.25, 0.3) is 0 Å². The summed E-state index contributed by atoms with van der Waals surface area (Å²) in [5.41, 5.74) is 2.55. The third kappa shape index (κ3) is 4.68. The summed E-state index contributed by atoms with van der Waals surface area (Å²) in [5.74, 6) is 0. The molecule has 1 unspecified atom stereocenters. The van der Waals surface area contributed by atoms with Crippen molar-refractivity contribution in [3.8, 4) is 11.1 Å². The molecule has 0 amide bonds. The van der Waals surface area contributed by atoms with Gasteiger partial charge in [-0.25, -0.2) is 0 Å². The van der Waals surface area contributed by atoms with Gasteiger partial charge in [-0.3, -0.25) is 4.99 Å². The first-order chi connectivity index (χ1) is 8.47. The Morgan fingerprint density at radius 3 is 1.56 bits per heavy atom. The van der Waals surface area contributed by atoms with Crippen LogP contribution in [0.5, 0.6) is 0 Å². The van der Waals surface area contributed by atoms with Gasteiger partial charge in [-0.2, -0.15) is 9.90 Å². The molecule has 0 aliphatic carbocycles. The lowest BCUT2D eigenvalue weighted by Gasteiger charge is -1.98. The minimum absolute atomic E-state index is 0. The molecule has 18 heavy (non-hydrogen) atoms. The van der Waals surface area contributed by atoms with Crippen LogP contribution in [-0.2, 0) is 4.74 Å². The van der Waals surface area contributed by atoms with Crippen molar-refractivity contribution in [2.75, 3.05) is 13.2 Å². The van der Waals surface area contributed by atoms with Gasteiger partial charge in [0.2, 0.25) is 0 Å². The van der Waals surface area contributed by atoms with E-state index in [1.807, 2.05) is 12.1 Å². The molecule has 0 spiro atoms. The number of hydrogen-bond acceptors (Lipinski definition) is 2. The molecule has 3 heteroatoms. The lowest BCUT2D eigenvalue weighted by molar-refractivity contribution is 0.361. The van der Waals surface area contributed by atoms with E-state index in [1.54, 1.807) is 0 Å². The van der Waals surface area contributed by atoms with Gasteiger partial charge in [0.1, 0.15) is 6.61 Å². The fourth-order valence-corrected chi connectivity index (χ4v) is 1.52. The van der Waals surface area contributed by atoms with Gasteiger partial charge in [-0.05, 0) is 11.1 Å². The largest absolute Gasteiger partial charge is 0.482 e. The second-order valence-electron chi connectivity index (χ2n) is 3.61. The summed E-state index contributed by atoms with van der Waals surface area (Å²) in [4.78, 5) is 3.74. The number of hydrogen-bond donors (Lipinski definition) is 0. The molecule has 0 N–H and O–H groups in total. The van der Waals surface area contributed by atoms with E-state index in [0.29, 0.717) is 0 Å². The number of aliphatic imine (C=N–C) groups is 1. The highest BCUT2D eigenvalue weighted by atomic mass is 31.0. The molecule has 0 bridgehead atoms. The van der Waals surface area contributed by atoms with E-state index in [0.717, 1.165) is 13.2 Å². The standard InChI is InChI=1S/C12H10.C3H5NO.H3P/c1-3-7-11(8-4-1)12-9-5-2-6-10-12;1-2-5-3-4-1;/h1-10H;3H,1-2H2;1H3. The van der Waals surface area contributed by atoms with Crippen LogP contribution in [0.1, 0.15) is 0 Å². The summed E-state index contributed by atoms with van der Waals surface area (Å²) in [6.45, 7) is 1.62. The van der Waals surface area contributed by atoms with Crippen LogP contribution in [0.15, 0.2) is 65.7 Å². The third-order valence-electron chi connectivity index (χ3n) is 2.37. The van der Waals surface area contributed by atoms with Crippen LogP contribution in [0.25, 0.3) is 11.1 Å². The monoisotopic (exact) mass is 259 g/mol. The third-order valence-corrected chi connectivity index (χ3v) is 2.37. The minimum Gasteiger partial charge on any atom is -0.482 e. The predicted molar refractivity (Wildman–Crippen MR) is 82.3 cm³/mol. The molecule has 0 saturated carbocycles. The average Bonchev–Trinajstić information content (AvgIpc) is 3.00. The fourth-order valence-electron chi connectivity index (χ4n) is 1.52. The molecule has 0 saturated heterocycles. The maximum Gasteiger partial charge on any atom is 0.169 e. The summed E-state index contributed by atoms with van der Waals surface area (Å²) < 4.78 is 4.65. The molecule has 1 atom stereocenters. The van der Waals surface area contributed by atoms with Crippen LogP contribution in [0.4, 0.5) is 0 Å². The molecule has 3 rings (SSSR count). The first-order valence-electron chi connectivity index (χ1n) is 5.67. The lowest BCUT2D eigenvalue weighted by atomic mass is 10.1. The van der Waals surface area contributed by atoms with E-state index < -0.39 is 0 Å². The van der Waals surface area contributed by atoms with Crippen LogP contribution in [0, 0.1) is 0 Å². The summed E-state index contributed by atoms with van der Waals surface area (Å²) in [7, 11) is 0. The number of benzene rings is 2. The van der Waals surface area contributed by atoms with E-state index in [9.17, 15) is 0 Å². The van der Waals surface area contributed by atoms with E-state index in [-0.39, 0.29) is 9.90 Å². The van der Waals surface area contributed by atoms with E-state index in [1.165, 1.54) is 17.5 Å². The van der Waals surface area contributed by atoms with Crippen LogP contribution in [0.3, 0.4) is 0 Å². The van der Waals surface area contributed by atoms with E-state index >= 15 is 0 Å². The first-order valence-corrected chi connectivity index (χ1v) is 5.67. The first kappa shape index (κ1) is 14.4. The molecule has 1 aliphatic rings. The van der Waals surface area contributed by atoms with Crippen LogP contribution < -0.4 is 0 Å². The summed E-state index contributed by atoms with van der Waals surface area (Å²) in [6.07, 6.45) is 1.49. The zero-order valence-corrected chi connectivity index (χ0v) is 11.7. The van der Waals surface area contributed by atoms with Crippen molar-refractivity contribution in [2.24, 2.45) is 4.99 Å². The van der Waals surface area contributed by atoms with Gasteiger partial charge in [0, 0.05) is 0 Å². The molecule has 0 fully saturated rings. The highest BCUT2D eigenvalue weighted by Gasteiger charge is 1.91. The Morgan fingerprint density at radius 1 is 0.778 bits per heavy atom. The van der Waals surface area contributed by atoms with Crippen LogP contribution >= 0.6 is 9.90 Å². The van der Waals surface area contributed by atoms with Crippen LogP contribution in [0.2, 0.25) is 0 Å². The van der Waals surface area contributed by atoms with E-state index in [4.69, 9.17) is 0 Å². The van der Waals surface area contributed by atoms with Gasteiger partial charge in [0.15, 0.2) is 6.40 Å². The molecule has 2 aromatic carbocycles. The maximum atomic E-state index is 4.65. The Hall–Kier alpha value is -1.66. The summed E-state index contributed by atoms with van der Waals surface area (Å²) >= 11 is 0. The highest BCUT2D eigenvalue weighted by molar-refractivity contribution is 6.92. The van der Waals surface area contributed by atoms with Crippen molar-refractivity contribution in [3.63, 3.8) is 0 Å². The van der Waals surface area contributed by atoms with Crippen molar-refractivity contribution in [3.05, 3.63) is 60.7 Å². The number of nitrogens with zero attached hydrogens (tertiary/aromatic N) is 1. The lowest BCUT2D eigenvalue weighted by Crippen LogP contribution is -1.80. The smallest absolute Gasteiger partial charge is 0.169 e. The van der Waals surface area contributed by atoms with Gasteiger partial charge >= 0.3 is 0 Å². The molecule has 0 radical (unpaired) electrons. The SMILES string of the molecule is C1=NCCO1.P.c1ccc(-c2ccccc2)cc1. The van der Waals surface area contributed by atoms with Crippen LogP contribution in [-0.4, -0.2) is 19.6 Å². The maximum absolute atomic E-state index is 4.65. The number of rotatable bonds is 1. The van der Waals surface area contributed by atoms with Crippen molar-refractivity contribution in [2.45, 2.75) is 0 Å². The average molecular weight is 259 g/mol. The Bertz CT molecular complexity index is 413. The topological polar surface area (TPSA) is 21.6 Å². The minimum atomic E-state index is 0. The highest BCUT2D eigenvalue weighted by Crippen LogP contribution is 2.17. The normalized spacial score (nSPS) is 11.8. The Balaban J connectivity index is 0.000000230. The molecular formula is C15H18NOP. The van der Waals surface area contributed by atoms with Gasteiger partial charge in [0.05, 0.1) is 6.54 Å². The molecule has 0 aromatic heterocycles. The molecule has 94 valence electrons. The molecule has 2 nitrogen and oxygen atoms in total. The van der Waals surface area contributed by atoms with Gasteiger partial charge in [-0.15, -0.1) is 0 Å². The zero-order valence-electron chi connectivity index (χ0n) is 10.3.